The van der Waals surface area contributed by atoms with Gasteiger partial charge in [0.2, 0.25) is 0 Å². The van der Waals surface area contributed by atoms with Crippen molar-refractivity contribution in [3.8, 4) is 0 Å². The number of aromatic nitrogens is 2. The van der Waals surface area contributed by atoms with Gasteiger partial charge in [0, 0.05) is 11.7 Å². The number of aliphatic hydroxyl groups excluding tert-OH is 1. The first-order chi connectivity index (χ1) is 7.63. The van der Waals surface area contributed by atoms with Crippen molar-refractivity contribution in [3.63, 3.8) is 0 Å². The van der Waals surface area contributed by atoms with Crippen molar-refractivity contribution >= 4 is 0 Å². The Morgan fingerprint density at radius 2 is 2.06 bits per heavy atom. The van der Waals surface area contributed by atoms with E-state index in [9.17, 15) is 5.11 Å². The van der Waals surface area contributed by atoms with Crippen LogP contribution in [0.5, 0.6) is 0 Å². The Morgan fingerprint density at radius 1 is 1.38 bits per heavy atom. The van der Waals surface area contributed by atoms with Gasteiger partial charge in [0.15, 0.2) is 0 Å². The SMILES string of the molecule is CCNC(CO)Cn1nc(C)c(CC)c1C. The van der Waals surface area contributed by atoms with E-state index in [0.29, 0.717) is 0 Å². The van der Waals surface area contributed by atoms with Crippen LogP contribution in [0.25, 0.3) is 0 Å². The number of likely N-dealkylation sites (N-methyl/N-ethyl adjacent to an activating group) is 1. The lowest BCUT2D eigenvalue weighted by Gasteiger charge is -2.16. The van der Waals surface area contributed by atoms with Crippen molar-refractivity contribution in [1.82, 2.24) is 15.1 Å². The Hall–Kier alpha value is -0.870. The molecule has 0 radical (unpaired) electrons. The second-order valence-electron chi connectivity index (χ2n) is 4.12. The fourth-order valence-electron chi connectivity index (χ4n) is 2.11. The molecule has 0 aliphatic rings. The molecule has 0 amide bonds. The Balaban J connectivity index is 2.80. The second-order valence-corrected chi connectivity index (χ2v) is 4.12. The molecule has 1 aromatic heterocycles. The molecule has 0 saturated heterocycles. The Morgan fingerprint density at radius 3 is 2.50 bits per heavy atom. The third-order valence-corrected chi connectivity index (χ3v) is 2.99. The van der Waals surface area contributed by atoms with Crippen LogP contribution in [0.2, 0.25) is 0 Å². The molecule has 1 heterocycles. The van der Waals surface area contributed by atoms with E-state index < -0.39 is 0 Å². The smallest absolute Gasteiger partial charge is 0.0628 e. The lowest BCUT2D eigenvalue weighted by Crippen LogP contribution is -2.36. The Bertz CT molecular complexity index is 333. The maximum Gasteiger partial charge on any atom is 0.0628 e. The minimum absolute atomic E-state index is 0.0905. The Kier molecular flexibility index (Phi) is 4.96. The first-order valence-corrected chi connectivity index (χ1v) is 6.01. The van der Waals surface area contributed by atoms with Gasteiger partial charge in [-0.1, -0.05) is 13.8 Å². The highest BCUT2D eigenvalue weighted by atomic mass is 16.3. The van der Waals surface area contributed by atoms with E-state index in [2.05, 4.69) is 24.3 Å². The van der Waals surface area contributed by atoms with Crippen molar-refractivity contribution in [3.05, 3.63) is 17.0 Å². The van der Waals surface area contributed by atoms with Crippen LogP contribution in [0.3, 0.4) is 0 Å². The Labute approximate surface area is 97.7 Å². The monoisotopic (exact) mass is 225 g/mol. The summed E-state index contributed by atoms with van der Waals surface area (Å²) in [5, 5.41) is 17.0. The highest BCUT2D eigenvalue weighted by molar-refractivity contribution is 5.24. The highest BCUT2D eigenvalue weighted by Crippen LogP contribution is 2.13. The maximum absolute atomic E-state index is 9.24. The van der Waals surface area contributed by atoms with Gasteiger partial charge in [0.25, 0.3) is 0 Å². The third-order valence-electron chi connectivity index (χ3n) is 2.99. The van der Waals surface area contributed by atoms with E-state index in [0.717, 1.165) is 25.2 Å². The summed E-state index contributed by atoms with van der Waals surface area (Å²) in [6.07, 6.45) is 1.02. The molecular weight excluding hydrogens is 202 g/mol. The average molecular weight is 225 g/mol. The summed E-state index contributed by atoms with van der Waals surface area (Å²) in [4.78, 5) is 0. The quantitative estimate of drug-likeness (QED) is 0.760. The number of hydrogen-bond donors (Lipinski definition) is 2. The van der Waals surface area contributed by atoms with E-state index >= 15 is 0 Å². The van der Waals surface area contributed by atoms with Gasteiger partial charge in [-0.3, -0.25) is 4.68 Å². The number of nitrogens with zero attached hydrogens (tertiary/aromatic N) is 2. The number of nitrogens with one attached hydrogen (secondary N) is 1. The fourth-order valence-corrected chi connectivity index (χ4v) is 2.11. The zero-order valence-corrected chi connectivity index (χ0v) is 10.7. The molecule has 0 aliphatic carbocycles. The van der Waals surface area contributed by atoms with Crippen LogP contribution in [0.1, 0.15) is 30.8 Å². The van der Waals surface area contributed by atoms with Crippen molar-refractivity contribution in [2.45, 2.75) is 46.7 Å². The van der Waals surface area contributed by atoms with Gasteiger partial charge in [-0.2, -0.15) is 5.10 Å². The van der Waals surface area contributed by atoms with Crippen LogP contribution in [0.15, 0.2) is 0 Å². The minimum Gasteiger partial charge on any atom is -0.395 e. The van der Waals surface area contributed by atoms with Crippen LogP contribution >= 0.6 is 0 Å². The van der Waals surface area contributed by atoms with Crippen molar-refractivity contribution < 1.29 is 5.11 Å². The summed E-state index contributed by atoms with van der Waals surface area (Å²) in [5.74, 6) is 0. The molecule has 4 nitrogen and oxygen atoms in total. The van der Waals surface area contributed by atoms with Gasteiger partial charge in [-0.15, -0.1) is 0 Å². The van der Waals surface area contributed by atoms with Crippen molar-refractivity contribution in [2.24, 2.45) is 0 Å². The molecule has 0 aromatic carbocycles. The van der Waals surface area contributed by atoms with Crippen LogP contribution in [0.4, 0.5) is 0 Å². The molecule has 1 aromatic rings. The standard InChI is InChI=1S/C12H23N3O/c1-5-12-9(3)14-15(10(12)4)7-11(8-16)13-6-2/h11,13,16H,5-8H2,1-4H3. The van der Waals surface area contributed by atoms with Crippen LogP contribution in [-0.4, -0.2) is 34.1 Å². The van der Waals surface area contributed by atoms with E-state index in [-0.39, 0.29) is 12.6 Å². The molecule has 0 bridgehead atoms. The molecule has 16 heavy (non-hydrogen) atoms. The minimum atomic E-state index is 0.0905. The van der Waals surface area contributed by atoms with E-state index in [1.807, 2.05) is 18.5 Å². The summed E-state index contributed by atoms with van der Waals surface area (Å²) in [5.41, 5.74) is 3.65. The van der Waals surface area contributed by atoms with Gasteiger partial charge in [0.05, 0.1) is 18.8 Å². The topological polar surface area (TPSA) is 50.1 Å². The number of hydrogen-bond acceptors (Lipinski definition) is 3. The van der Waals surface area contributed by atoms with Crippen LogP contribution in [-0.2, 0) is 13.0 Å². The summed E-state index contributed by atoms with van der Waals surface area (Å²) < 4.78 is 2.00. The summed E-state index contributed by atoms with van der Waals surface area (Å²) >= 11 is 0. The first-order valence-electron chi connectivity index (χ1n) is 6.01. The number of aryl methyl sites for hydroxylation is 1. The van der Waals surface area contributed by atoms with Gasteiger partial charge in [-0.05, 0) is 32.4 Å². The number of aliphatic hydroxyl groups is 1. The molecule has 0 aliphatic heterocycles. The zero-order valence-electron chi connectivity index (χ0n) is 10.7. The molecule has 1 rings (SSSR count). The molecule has 2 N–H and O–H groups in total. The highest BCUT2D eigenvalue weighted by Gasteiger charge is 2.13. The summed E-state index contributed by atoms with van der Waals surface area (Å²) in [6, 6.07) is 0.0905. The predicted octanol–water partition coefficient (Wildman–Crippen LogP) is 1.03. The largest absolute Gasteiger partial charge is 0.395 e. The molecule has 1 atom stereocenters. The molecule has 0 saturated carbocycles. The second kappa shape index (κ2) is 6.01. The van der Waals surface area contributed by atoms with E-state index in [1.165, 1.54) is 11.3 Å². The van der Waals surface area contributed by atoms with Gasteiger partial charge >= 0.3 is 0 Å². The molecule has 4 heteroatoms. The molecule has 0 spiro atoms. The van der Waals surface area contributed by atoms with Crippen molar-refractivity contribution in [2.75, 3.05) is 13.2 Å². The van der Waals surface area contributed by atoms with Gasteiger partial charge in [-0.25, -0.2) is 0 Å². The molecule has 0 fully saturated rings. The lowest BCUT2D eigenvalue weighted by molar-refractivity contribution is 0.226. The zero-order chi connectivity index (χ0) is 12.1. The van der Waals surface area contributed by atoms with Crippen LogP contribution in [0, 0.1) is 13.8 Å². The van der Waals surface area contributed by atoms with Gasteiger partial charge < -0.3 is 10.4 Å². The van der Waals surface area contributed by atoms with Crippen LogP contribution < -0.4 is 5.32 Å². The average Bonchev–Trinajstić information content (AvgIpc) is 2.53. The molecule has 92 valence electrons. The number of rotatable bonds is 6. The third kappa shape index (κ3) is 2.83. The first kappa shape index (κ1) is 13.2. The summed E-state index contributed by atoms with van der Waals surface area (Å²) in [6.45, 7) is 10.1. The lowest BCUT2D eigenvalue weighted by atomic mass is 10.1. The van der Waals surface area contributed by atoms with E-state index in [4.69, 9.17) is 0 Å². The van der Waals surface area contributed by atoms with Gasteiger partial charge in [0.1, 0.15) is 0 Å². The summed E-state index contributed by atoms with van der Waals surface area (Å²) in [7, 11) is 0. The molecular formula is C12H23N3O. The fraction of sp³-hybridized carbons (Fsp3) is 0.750. The predicted molar refractivity (Wildman–Crippen MR) is 65.6 cm³/mol. The normalized spacial score (nSPS) is 13.1. The molecule has 1 unspecified atom stereocenters. The van der Waals surface area contributed by atoms with E-state index in [1.54, 1.807) is 0 Å². The maximum atomic E-state index is 9.24. The van der Waals surface area contributed by atoms with Crippen molar-refractivity contribution in [1.29, 1.82) is 0 Å².